The van der Waals surface area contributed by atoms with Gasteiger partial charge in [-0.2, -0.15) is 9.97 Å². The van der Waals surface area contributed by atoms with Crippen LogP contribution in [0.15, 0.2) is 53.9 Å². The summed E-state index contributed by atoms with van der Waals surface area (Å²) < 4.78 is 10.3. The largest absolute Gasteiger partial charge is 0.481 e. The Kier molecular flexibility index (Phi) is 6.38. The molecule has 3 heterocycles. The molecule has 0 bridgehead atoms. The second kappa shape index (κ2) is 9.14. The lowest BCUT2D eigenvalue weighted by atomic mass is 10.2. The fourth-order valence-electron chi connectivity index (χ4n) is 2.32. The zero-order valence-electron chi connectivity index (χ0n) is 15.7. The number of thioether (sulfide) groups is 1. The minimum Gasteiger partial charge on any atom is -0.481 e. The smallest absolute Gasteiger partial charge is 0.259 e. The van der Waals surface area contributed by atoms with Crippen LogP contribution in [0.25, 0.3) is 0 Å². The molecule has 0 aliphatic heterocycles. The number of hydrogen-bond donors (Lipinski definition) is 0. The molecule has 0 saturated heterocycles. The first-order valence-corrected chi connectivity index (χ1v) is 9.32. The summed E-state index contributed by atoms with van der Waals surface area (Å²) in [5, 5.41) is 0.756. The van der Waals surface area contributed by atoms with Crippen molar-refractivity contribution in [1.82, 2.24) is 19.9 Å². The van der Waals surface area contributed by atoms with Crippen LogP contribution in [0.1, 0.15) is 16.2 Å². The third-order valence-corrected chi connectivity index (χ3v) is 4.75. The van der Waals surface area contributed by atoms with E-state index in [9.17, 15) is 4.79 Å². The molecule has 9 heteroatoms. The average Bonchev–Trinajstić information content (AvgIpc) is 2.77. The van der Waals surface area contributed by atoms with Gasteiger partial charge in [-0.05, 0) is 24.3 Å². The van der Waals surface area contributed by atoms with Gasteiger partial charge in [-0.25, -0.2) is 4.98 Å². The van der Waals surface area contributed by atoms with Crippen molar-refractivity contribution in [3.63, 3.8) is 0 Å². The number of carbonyl (C=O) groups excluding carboxylic acids is 1. The number of hydrogen-bond acceptors (Lipinski definition) is 8. The van der Waals surface area contributed by atoms with Gasteiger partial charge in [0, 0.05) is 19.4 Å². The van der Waals surface area contributed by atoms with E-state index in [0.29, 0.717) is 28.9 Å². The third-order valence-electron chi connectivity index (χ3n) is 3.81. The summed E-state index contributed by atoms with van der Waals surface area (Å²) in [6.45, 7) is 0. The van der Waals surface area contributed by atoms with Crippen molar-refractivity contribution in [2.75, 3.05) is 26.2 Å². The van der Waals surface area contributed by atoms with Crippen molar-refractivity contribution >= 4 is 23.4 Å². The molecule has 0 atom stereocenters. The van der Waals surface area contributed by atoms with Crippen LogP contribution in [0.4, 0.5) is 5.69 Å². The Morgan fingerprint density at radius 3 is 2.43 bits per heavy atom. The first-order chi connectivity index (χ1) is 13.6. The molecule has 0 unspecified atom stereocenters. The van der Waals surface area contributed by atoms with Crippen molar-refractivity contribution < 1.29 is 14.3 Å². The molecule has 28 heavy (non-hydrogen) atoms. The van der Waals surface area contributed by atoms with Crippen LogP contribution in [-0.2, 0) is 5.75 Å². The molecule has 1 amide bonds. The normalized spacial score (nSPS) is 10.4. The monoisotopic (exact) mass is 397 g/mol. The molecule has 0 fully saturated rings. The Balaban J connectivity index is 1.65. The Morgan fingerprint density at radius 1 is 1.11 bits per heavy atom. The van der Waals surface area contributed by atoms with Gasteiger partial charge in [0.2, 0.25) is 11.8 Å². The molecule has 3 aromatic rings. The number of carbonyl (C=O) groups is 1. The van der Waals surface area contributed by atoms with Gasteiger partial charge >= 0.3 is 0 Å². The summed E-state index contributed by atoms with van der Waals surface area (Å²) in [6, 6.07) is 8.77. The van der Waals surface area contributed by atoms with E-state index in [1.165, 1.54) is 16.7 Å². The maximum Gasteiger partial charge on any atom is 0.259 e. The Morgan fingerprint density at radius 2 is 1.86 bits per heavy atom. The number of anilines is 1. The minimum absolute atomic E-state index is 0.155. The quantitative estimate of drug-likeness (QED) is 0.562. The standard InChI is InChI=1S/C19H19N5O3S/c1-24(14-5-4-8-20-11-14)19(25)13-6-7-18(21-10-13)28-12-15-22-16(26-2)9-17(23-15)27-3/h4-11H,12H2,1-3H3. The van der Waals surface area contributed by atoms with E-state index in [2.05, 4.69) is 19.9 Å². The molecule has 0 N–H and O–H groups in total. The maximum atomic E-state index is 12.6. The number of methoxy groups -OCH3 is 2. The van der Waals surface area contributed by atoms with E-state index in [0.717, 1.165) is 10.7 Å². The summed E-state index contributed by atoms with van der Waals surface area (Å²) >= 11 is 1.45. The summed E-state index contributed by atoms with van der Waals surface area (Å²) in [4.78, 5) is 31.1. The molecule has 144 valence electrons. The first-order valence-electron chi connectivity index (χ1n) is 8.33. The predicted molar refractivity (Wildman–Crippen MR) is 106 cm³/mol. The number of ether oxygens (including phenoxy) is 2. The van der Waals surface area contributed by atoms with Crippen LogP contribution in [0.5, 0.6) is 11.8 Å². The van der Waals surface area contributed by atoms with Gasteiger partial charge in [-0.1, -0.05) is 11.8 Å². The Hall–Kier alpha value is -3.20. The summed E-state index contributed by atoms with van der Waals surface area (Å²) in [5.41, 5.74) is 1.21. The summed E-state index contributed by atoms with van der Waals surface area (Å²) in [5.74, 6) is 1.78. The minimum atomic E-state index is -0.155. The van der Waals surface area contributed by atoms with E-state index < -0.39 is 0 Å². The maximum absolute atomic E-state index is 12.6. The van der Waals surface area contributed by atoms with Crippen molar-refractivity contribution in [2.45, 2.75) is 10.8 Å². The lowest BCUT2D eigenvalue weighted by Crippen LogP contribution is -2.26. The van der Waals surface area contributed by atoms with Crippen molar-refractivity contribution in [3.05, 3.63) is 60.3 Å². The fourth-order valence-corrected chi connectivity index (χ4v) is 3.01. The number of rotatable bonds is 7. The zero-order chi connectivity index (χ0) is 19.9. The van der Waals surface area contributed by atoms with Gasteiger partial charge in [0.05, 0.1) is 48.5 Å². The second-order valence-electron chi connectivity index (χ2n) is 5.62. The number of aromatic nitrogens is 4. The lowest BCUT2D eigenvalue weighted by Gasteiger charge is -2.16. The van der Waals surface area contributed by atoms with E-state index in [1.807, 2.05) is 6.07 Å². The van der Waals surface area contributed by atoms with Crippen LogP contribution in [0, 0.1) is 0 Å². The van der Waals surface area contributed by atoms with Gasteiger partial charge in [0.15, 0.2) is 0 Å². The second-order valence-corrected chi connectivity index (χ2v) is 6.61. The third kappa shape index (κ3) is 4.74. The van der Waals surface area contributed by atoms with Gasteiger partial charge in [-0.15, -0.1) is 0 Å². The van der Waals surface area contributed by atoms with Crippen LogP contribution in [-0.4, -0.2) is 47.1 Å². The molecule has 0 saturated carbocycles. The SMILES string of the molecule is COc1cc(OC)nc(CSc2ccc(C(=O)N(C)c3cccnc3)cn2)n1. The van der Waals surface area contributed by atoms with Crippen LogP contribution in [0.3, 0.4) is 0 Å². The van der Waals surface area contributed by atoms with Crippen LogP contribution in [0.2, 0.25) is 0 Å². The molecule has 3 rings (SSSR count). The molecule has 8 nitrogen and oxygen atoms in total. The predicted octanol–water partition coefficient (Wildman–Crippen LogP) is 2.85. The number of nitrogens with zero attached hydrogens (tertiary/aromatic N) is 5. The Labute approximate surface area is 167 Å². The lowest BCUT2D eigenvalue weighted by molar-refractivity contribution is 0.0992. The molecular formula is C19H19N5O3S. The topological polar surface area (TPSA) is 90.3 Å². The van der Waals surface area contributed by atoms with Gasteiger partial charge in [0.1, 0.15) is 5.82 Å². The van der Waals surface area contributed by atoms with E-state index in [1.54, 1.807) is 64.1 Å². The van der Waals surface area contributed by atoms with E-state index >= 15 is 0 Å². The molecule has 0 aliphatic rings. The average molecular weight is 397 g/mol. The highest BCUT2D eigenvalue weighted by Gasteiger charge is 2.14. The number of amides is 1. The van der Waals surface area contributed by atoms with E-state index in [-0.39, 0.29) is 5.91 Å². The molecule has 0 aromatic carbocycles. The molecule has 0 radical (unpaired) electrons. The fraction of sp³-hybridized carbons (Fsp3) is 0.211. The van der Waals surface area contributed by atoms with E-state index in [4.69, 9.17) is 9.47 Å². The molecule has 0 spiro atoms. The van der Waals surface area contributed by atoms with Crippen LogP contribution < -0.4 is 14.4 Å². The van der Waals surface area contributed by atoms with Crippen molar-refractivity contribution in [1.29, 1.82) is 0 Å². The van der Waals surface area contributed by atoms with Crippen LogP contribution >= 0.6 is 11.8 Å². The molecule has 3 aromatic heterocycles. The number of pyridine rings is 2. The summed E-state index contributed by atoms with van der Waals surface area (Å²) in [6.07, 6.45) is 4.86. The van der Waals surface area contributed by atoms with Crippen molar-refractivity contribution in [2.24, 2.45) is 0 Å². The molecular weight excluding hydrogens is 378 g/mol. The summed E-state index contributed by atoms with van der Waals surface area (Å²) in [7, 11) is 4.78. The van der Waals surface area contributed by atoms with Gasteiger partial charge in [-0.3, -0.25) is 9.78 Å². The first kappa shape index (κ1) is 19.6. The van der Waals surface area contributed by atoms with Gasteiger partial charge < -0.3 is 14.4 Å². The van der Waals surface area contributed by atoms with Gasteiger partial charge in [0.25, 0.3) is 5.91 Å². The van der Waals surface area contributed by atoms with Crippen molar-refractivity contribution in [3.8, 4) is 11.8 Å². The highest BCUT2D eigenvalue weighted by molar-refractivity contribution is 7.98. The highest BCUT2D eigenvalue weighted by atomic mass is 32.2. The Bertz CT molecular complexity index is 916. The highest BCUT2D eigenvalue weighted by Crippen LogP contribution is 2.23. The zero-order valence-corrected chi connectivity index (χ0v) is 16.5. The molecule has 0 aliphatic carbocycles.